The quantitative estimate of drug-likeness (QED) is 0.578. The zero-order chi connectivity index (χ0) is 18.9. The molecule has 0 unspecified atom stereocenters. The number of hydrogen-bond acceptors (Lipinski definition) is 3. The van der Waals surface area contributed by atoms with E-state index in [0.717, 1.165) is 10.00 Å². The van der Waals surface area contributed by atoms with Crippen molar-refractivity contribution >= 4 is 10.0 Å². The van der Waals surface area contributed by atoms with E-state index >= 15 is 0 Å². The van der Waals surface area contributed by atoms with Crippen LogP contribution < -0.4 is 0 Å². The lowest BCUT2D eigenvalue weighted by Gasteiger charge is -2.18. The van der Waals surface area contributed by atoms with Crippen molar-refractivity contribution in [1.29, 1.82) is 0 Å². The van der Waals surface area contributed by atoms with Gasteiger partial charge in [0.25, 0.3) is 0 Å². The molecule has 2 rings (SSSR count). The fourth-order valence-electron chi connectivity index (χ4n) is 2.44. The molecule has 136 valence electrons. The molecule has 0 N–H and O–H groups in total. The lowest BCUT2D eigenvalue weighted by Crippen LogP contribution is -2.28. The molecular weight excluding hydrogens is 355 g/mol. The molecular formula is C16H18F3N3O2S. The normalized spacial score (nSPS) is 12.0. The van der Waals surface area contributed by atoms with Gasteiger partial charge in [0.15, 0.2) is 11.6 Å². The highest BCUT2D eigenvalue weighted by molar-refractivity contribution is 7.89. The molecule has 1 heterocycles. The molecule has 0 aliphatic heterocycles. The van der Waals surface area contributed by atoms with Crippen LogP contribution in [0.5, 0.6) is 0 Å². The highest BCUT2D eigenvalue weighted by atomic mass is 32.2. The fourth-order valence-corrected chi connectivity index (χ4v) is 3.63. The van der Waals surface area contributed by atoms with Gasteiger partial charge in [0.05, 0.1) is 12.2 Å². The van der Waals surface area contributed by atoms with Gasteiger partial charge in [0.1, 0.15) is 10.7 Å². The lowest BCUT2D eigenvalue weighted by atomic mass is 10.2. The smallest absolute Gasteiger partial charge is 0.246 e. The molecule has 0 atom stereocenters. The number of allylic oxidation sites excluding steroid dienone is 1. The SMILES string of the molecule is C=CCn1nc(C)c(CN(C)S(=O)(=O)c2cc(F)c(F)cc2F)c1C. The Hall–Kier alpha value is -2.13. The predicted molar refractivity (Wildman–Crippen MR) is 86.9 cm³/mol. The Kier molecular flexibility index (Phi) is 5.38. The van der Waals surface area contributed by atoms with Gasteiger partial charge in [-0.2, -0.15) is 9.40 Å². The summed E-state index contributed by atoms with van der Waals surface area (Å²) in [7, 11) is -3.11. The third kappa shape index (κ3) is 3.62. The summed E-state index contributed by atoms with van der Waals surface area (Å²) in [6, 6.07) is 0.562. The van der Waals surface area contributed by atoms with Crippen molar-refractivity contribution in [3.63, 3.8) is 0 Å². The van der Waals surface area contributed by atoms with Crippen molar-refractivity contribution < 1.29 is 21.6 Å². The number of nitrogens with zero attached hydrogens (tertiary/aromatic N) is 3. The third-order valence-electron chi connectivity index (χ3n) is 3.88. The van der Waals surface area contributed by atoms with Gasteiger partial charge >= 0.3 is 0 Å². The first-order valence-corrected chi connectivity index (χ1v) is 8.78. The molecule has 0 saturated heterocycles. The number of halogens is 3. The topological polar surface area (TPSA) is 55.2 Å². The van der Waals surface area contributed by atoms with Gasteiger partial charge in [-0.3, -0.25) is 4.68 Å². The maximum absolute atomic E-state index is 13.8. The van der Waals surface area contributed by atoms with Gasteiger partial charge in [-0.1, -0.05) is 6.08 Å². The molecule has 25 heavy (non-hydrogen) atoms. The average Bonchev–Trinajstić information content (AvgIpc) is 2.78. The van der Waals surface area contributed by atoms with Crippen LogP contribution in [0.2, 0.25) is 0 Å². The van der Waals surface area contributed by atoms with Crippen LogP contribution in [0, 0.1) is 31.3 Å². The average molecular weight is 373 g/mol. The minimum absolute atomic E-state index is 0.0877. The number of rotatable bonds is 6. The molecule has 0 amide bonds. The molecule has 1 aromatic carbocycles. The largest absolute Gasteiger partial charge is 0.265 e. The monoisotopic (exact) mass is 373 g/mol. The second kappa shape index (κ2) is 7.01. The van der Waals surface area contributed by atoms with Crippen LogP contribution in [0.1, 0.15) is 17.0 Å². The maximum atomic E-state index is 13.8. The van der Waals surface area contributed by atoms with E-state index in [-0.39, 0.29) is 12.6 Å². The molecule has 0 bridgehead atoms. The highest BCUT2D eigenvalue weighted by Gasteiger charge is 2.28. The van der Waals surface area contributed by atoms with Crippen LogP contribution in [0.25, 0.3) is 0 Å². The van der Waals surface area contributed by atoms with Crippen molar-refractivity contribution in [3.05, 3.63) is 59.2 Å². The highest BCUT2D eigenvalue weighted by Crippen LogP contribution is 2.24. The van der Waals surface area contributed by atoms with Crippen LogP contribution in [0.4, 0.5) is 13.2 Å². The standard InChI is InChI=1S/C16H18F3N3O2S/c1-5-6-22-11(3)12(10(2)20-22)9-21(4)25(23,24)16-8-14(18)13(17)7-15(16)19/h5,7-8H,1,6,9H2,2-4H3. The zero-order valence-electron chi connectivity index (χ0n) is 14.1. The van der Waals surface area contributed by atoms with Crippen molar-refractivity contribution in [1.82, 2.24) is 14.1 Å². The molecule has 5 nitrogen and oxygen atoms in total. The number of aromatic nitrogens is 2. The zero-order valence-corrected chi connectivity index (χ0v) is 14.9. The molecule has 0 radical (unpaired) electrons. The van der Waals surface area contributed by atoms with E-state index in [0.29, 0.717) is 23.9 Å². The number of aryl methyl sites for hydroxylation is 1. The Morgan fingerprint density at radius 3 is 2.40 bits per heavy atom. The first-order chi connectivity index (χ1) is 11.6. The minimum atomic E-state index is -4.35. The number of hydrogen-bond donors (Lipinski definition) is 0. The number of sulfonamides is 1. The van der Waals surface area contributed by atoms with Gasteiger partial charge in [0, 0.05) is 30.9 Å². The fraction of sp³-hybridized carbons (Fsp3) is 0.312. The third-order valence-corrected chi connectivity index (χ3v) is 5.70. The van der Waals surface area contributed by atoms with E-state index in [1.165, 1.54) is 7.05 Å². The molecule has 0 spiro atoms. The first-order valence-electron chi connectivity index (χ1n) is 7.34. The Morgan fingerprint density at radius 1 is 1.20 bits per heavy atom. The minimum Gasteiger partial charge on any atom is -0.265 e. The Bertz CT molecular complexity index is 923. The summed E-state index contributed by atoms with van der Waals surface area (Å²) in [6.07, 6.45) is 1.65. The Labute approximate surface area is 144 Å². The summed E-state index contributed by atoms with van der Waals surface area (Å²) in [5.41, 5.74) is 2.01. The summed E-state index contributed by atoms with van der Waals surface area (Å²) in [6.45, 7) is 7.50. The predicted octanol–water partition coefficient (Wildman–Crippen LogP) is 2.92. The van der Waals surface area contributed by atoms with Gasteiger partial charge in [-0.25, -0.2) is 21.6 Å². The number of benzene rings is 1. The van der Waals surface area contributed by atoms with Crippen LogP contribution in [0.3, 0.4) is 0 Å². The molecule has 0 aliphatic rings. The van der Waals surface area contributed by atoms with E-state index in [2.05, 4.69) is 11.7 Å². The van der Waals surface area contributed by atoms with Crippen LogP contribution in [0.15, 0.2) is 29.7 Å². The van der Waals surface area contributed by atoms with E-state index in [4.69, 9.17) is 0 Å². The van der Waals surface area contributed by atoms with Gasteiger partial charge in [-0.05, 0) is 19.9 Å². The summed E-state index contributed by atoms with van der Waals surface area (Å²) < 4.78 is 67.8. The molecule has 2 aromatic rings. The van der Waals surface area contributed by atoms with E-state index < -0.39 is 32.4 Å². The van der Waals surface area contributed by atoms with E-state index in [1.54, 1.807) is 24.6 Å². The van der Waals surface area contributed by atoms with Gasteiger partial charge in [-0.15, -0.1) is 6.58 Å². The molecule has 9 heteroatoms. The maximum Gasteiger partial charge on any atom is 0.246 e. The lowest BCUT2D eigenvalue weighted by molar-refractivity contribution is 0.449. The Balaban J connectivity index is 2.39. The van der Waals surface area contributed by atoms with Gasteiger partial charge < -0.3 is 0 Å². The van der Waals surface area contributed by atoms with Crippen LogP contribution in [-0.2, 0) is 23.1 Å². The molecule has 1 aromatic heterocycles. The first kappa shape index (κ1) is 19.2. The molecule has 0 saturated carbocycles. The molecule has 0 aliphatic carbocycles. The van der Waals surface area contributed by atoms with Crippen LogP contribution >= 0.6 is 0 Å². The summed E-state index contributed by atoms with van der Waals surface area (Å²) in [4.78, 5) is -0.914. The van der Waals surface area contributed by atoms with Crippen molar-refractivity contribution in [3.8, 4) is 0 Å². The van der Waals surface area contributed by atoms with Crippen molar-refractivity contribution in [2.24, 2.45) is 0 Å². The summed E-state index contributed by atoms with van der Waals surface area (Å²) in [5, 5.41) is 4.29. The Morgan fingerprint density at radius 2 is 1.80 bits per heavy atom. The van der Waals surface area contributed by atoms with Gasteiger partial charge in [0.2, 0.25) is 10.0 Å². The summed E-state index contributed by atoms with van der Waals surface area (Å²) >= 11 is 0. The van der Waals surface area contributed by atoms with E-state index in [1.807, 2.05) is 0 Å². The van der Waals surface area contributed by atoms with Crippen molar-refractivity contribution in [2.75, 3.05) is 7.05 Å². The summed E-state index contributed by atoms with van der Waals surface area (Å²) in [5.74, 6) is -4.22. The molecule has 0 fully saturated rings. The van der Waals surface area contributed by atoms with Crippen LogP contribution in [-0.4, -0.2) is 29.6 Å². The van der Waals surface area contributed by atoms with Crippen molar-refractivity contribution in [2.45, 2.75) is 31.8 Å². The second-order valence-corrected chi connectivity index (χ2v) is 7.59. The van der Waals surface area contributed by atoms with E-state index in [9.17, 15) is 21.6 Å². The second-order valence-electron chi connectivity index (χ2n) is 5.58.